The van der Waals surface area contributed by atoms with E-state index < -0.39 is 0 Å². The summed E-state index contributed by atoms with van der Waals surface area (Å²) >= 11 is 0. The van der Waals surface area contributed by atoms with Crippen LogP contribution >= 0.6 is 0 Å². The molecule has 0 saturated heterocycles. The normalized spacial score (nSPS) is 12.8. The molecule has 3 nitrogen and oxygen atoms in total. The summed E-state index contributed by atoms with van der Waals surface area (Å²) < 4.78 is 11.1. The Balaban J connectivity index is 2.79. The predicted octanol–water partition coefficient (Wildman–Crippen LogP) is 3.22. The molecule has 0 fully saturated rings. The lowest BCUT2D eigenvalue weighted by Gasteiger charge is -2.19. The van der Waals surface area contributed by atoms with Crippen LogP contribution in [-0.4, -0.2) is 25.9 Å². The fourth-order valence-corrected chi connectivity index (χ4v) is 2.12. The molecule has 0 bridgehead atoms. The maximum Gasteiger partial charge on any atom is 0.125 e. The summed E-state index contributed by atoms with van der Waals surface area (Å²) in [5.74, 6) is 0.984. The van der Waals surface area contributed by atoms with Gasteiger partial charge in [-0.3, -0.25) is 0 Å². The summed E-state index contributed by atoms with van der Waals surface area (Å²) in [5, 5.41) is 3.44. The van der Waals surface area contributed by atoms with Gasteiger partial charge in [-0.15, -0.1) is 0 Å². The predicted molar refractivity (Wildman–Crippen MR) is 79.9 cm³/mol. The number of nitrogens with one attached hydrogen (secondary N) is 1. The van der Waals surface area contributed by atoms with Crippen LogP contribution < -0.4 is 10.1 Å². The molecule has 1 aromatic carbocycles. The third-order valence-corrected chi connectivity index (χ3v) is 2.95. The molecule has 0 spiro atoms. The van der Waals surface area contributed by atoms with E-state index in [1.165, 1.54) is 16.7 Å². The van der Waals surface area contributed by atoms with Crippen LogP contribution in [0.5, 0.6) is 5.75 Å². The van der Waals surface area contributed by atoms with Gasteiger partial charge in [0.15, 0.2) is 0 Å². The van der Waals surface area contributed by atoms with E-state index in [9.17, 15) is 0 Å². The van der Waals surface area contributed by atoms with Gasteiger partial charge in [-0.1, -0.05) is 26.0 Å². The number of methoxy groups -OCH3 is 1. The van der Waals surface area contributed by atoms with Crippen molar-refractivity contribution >= 4 is 0 Å². The van der Waals surface area contributed by atoms with Crippen LogP contribution in [0.15, 0.2) is 12.1 Å². The molecule has 108 valence electrons. The summed E-state index contributed by atoms with van der Waals surface area (Å²) in [5.41, 5.74) is 3.67. The van der Waals surface area contributed by atoms with Crippen molar-refractivity contribution in [2.45, 2.75) is 53.3 Å². The monoisotopic (exact) mass is 265 g/mol. The minimum atomic E-state index is 0.0713. The first-order valence-electron chi connectivity index (χ1n) is 6.93. The molecule has 0 aliphatic carbocycles. The van der Waals surface area contributed by atoms with Gasteiger partial charge in [-0.05, 0) is 37.5 Å². The first kappa shape index (κ1) is 16.0. The third kappa shape index (κ3) is 5.21. The van der Waals surface area contributed by atoms with Crippen LogP contribution in [0.4, 0.5) is 0 Å². The maximum atomic E-state index is 5.95. The molecular formula is C16H27NO2. The topological polar surface area (TPSA) is 30.5 Å². The summed E-state index contributed by atoms with van der Waals surface area (Å²) in [4.78, 5) is 0. The number of rotatable bonds is 7. The Kier molecular flexibility index (Phi) is 6.32. The largest absolute Gasteiger partial charge is 0.488 e. The molecule has 1 unspecified atom stereocenters. The van der Waals surface area contributed by atoms with Crippen LogP contribution in [0.1, 0.15) is 37.5 Å². The number of aryl methyl sites for hydroxylation is 2. The van der Waals surface area contributed by atoms with Crippen molar-refractivity contribution in [3.05, 3.63) is 28.8 Å². The average Bonchev–Trinajstić information content (AvgIpc) is 2.31. The van der Waals surface area contributed by atoms with Crippen molar-refractivity contribution in [2.75, 3.05) is 13.7 Å². The lowest BCUT2D eigenvalue weighted by molar-refractivity contribution is 0.0911. The van der Waals surface area contributed by atoms with Gasteiger partial charge >= 0.3 is 0 Å². The quantitative estimate of drug-likeness (QED) is 0.821. The zero-order valence-electron chi connectivity index (χ0n) is 13.0. The second-order valence-corrected chi connectivity index (χ2v) is 5.48. The van der Waals surface area contributed by atoms with Crippen molar-refractivity contribution < 1.29 is 9.47 Å². The smallest absolute Gasteiger partial charge is 0.125 e. The Hall–Kier alpha value is -1.06. The number of benzene rings is 1. The van der Waals surface area contributed by atoms with Gasteiger partial charge in [-0.2, -0.15) is 0 Å². The van der Waals surface area contributed by atoms with Crippen LogP contribution in [0.3, 0.4) is 0 Å². The van der Waals surface area contributed by atoms with Gasteiger partial charge < -0.3 is 14.8 Å². The summed E-state index contributed by atoms with van der Waals surface area (Å²) in [6, 6.07) is 4.88. The molecule has 0 heterocycles. The third-order valence-electron chi connectivity index (χ3n) is 2.95. The first-order chi connectivity index (χ1) is 8.93. The number of ether oxygens (including phenoxy) is 2. The summed E-state index contributed by atoms with van der Waals surface area (Å²) in [6.45, 7) is 12.0. The van der Waals surface area contributed by atoms with E-state index in [2.05, 4.69) is 45.1 Å². The highest BCUT2D eigenvalue weighted by Crippen LogP contribution is 2.26. The van der Waals surface area contributed by atoms with E-state index in [4.69, 9.17) is 9.47 Å². The van der Waals surface area contributed by atoms with Gasteiger partial charge in [0.2, 0.25) is 0 Å². The van der Waals surface area contributed by atoms with Gasteiger partial charge in [-0.25, -0.2) is 0 Å². The zero-order valence-corrected chi connectivity index (χ0v) is 13.0. The first-order valence-corrected chi connectivity index (χ1v) is 6.93. The molecule has 0 aromatic heterocycles. The zero-order chi connectivity index (χ0) is 14.4. The lowest BCUT2D eigenvalue weighted by atomic mass is 10.1. The van der Waals surface area contributed by atoms with Crippen LogP contribution in [-0.2, 0) is 11.3 Å². The Morgan fingerprint density at radius 2 is 1.68 bits per heavy atom. The minimum absolute atomic E-state index is 0.0713. The highest BCUT2D eigenvalue weighted by Gasteiger charge is 2.10. The Morgan fingerprint density at radius 1 is 1.11 bits per heavy atom. The molecule has 1 atom stereocenters. The Bertz CT molecular complexity index is 379. The molecule has 0 radical (unpaired) electrons. The van der Waals surface area contributed by atoms with Gasteiger partial charge in [0, 0.05) is 19.7 Å². The van der Waals surface area contributed by atoms with E-state index in [-0.39, 0.29) is 6.10 Å². The van der Waals surface area contributed by atoms with Gasteiger partial charge in [0.1, 0.15) is 11.9 Å². The fourth-order valence-electron chi connectivity index (χ4n) is 2.12. The van der Waals surface area contributed by atoms with Crippen LogP contribution in [0.2, 0.25) is 0 Å². The minimum Gasteiger partial charge on any atom is -0.488 e. The molecule has 1 rings (SSSR count). The highest BCUT2D eigenvalue weighted by molar-refractivity contribution is 5.43. The molecule has 1 aromatic rings. The van der Waals surface area contributed by atoms with Crippen LogP contribution in [0, 0.1) is 13.8 Å². The molecule has 1 N–H and O–H groups in total. The fraction of sp³-hybridized carbons (Fsp3) is 0.625. The van der Waals surface area contributed by atoms with E-state index in [0.29, 0.717) is 12.6 Å². The molecule has 0 aliphatic heterocycles. The standard InChI is InChI=1S/C16H27NO2/c1-11(2)17-9-15-7-12(3)16(13(4)8-15)19-14(5)10-18-6/h7-8,11,14,17H,9-10H2,1-6H3. The van der Waals surface area contributed by atoms with Gasteiger partial charge in [0.05, 0.1) is 6.61 Å². The molecule has 0 amide bonds. The molecule has 3 heteroatoms. The molecule has 0 saturated carbocycles. The molecule has 19 heavy (non-hydrogen) atoms. The molecule has 0 aliphatic rings. The van der Waals surface area contributed by atoms with Crippen molar-refractivity contribution in [3.8, 4) is 5.75 Å². The van der Waals surface area contributed by atoms with Crippen molar-refractivity contribution in [2.24, 2.45) is 0 Å². The van der Waals surface area contributed by atoms with E-state index in [1.54, 1.807) is 7.11 Å². The Morgan fingerprint density at radius 3 is 2.16 bits per heavy atom. The molecular weight excluding hydrogens is 238 g/mol. The number of hydrogen-bond acceptors (Lipinski definition) is 3. The lowest BCUT2D eigenvalue weighted by Crippen LogP contribution is -2.22. The van der Waals surface area contributed by atoms with Crippen LogP contribution in [0.25, 0.3) is 0 Å². The second kappa shape index (κ2) is 7.51. The number of hydrogen-bond donors (Lipinski definition) is 1. The summed E-state index contributed by atoms with van der Waals surface area (Å²) in [6.07, 6.45) is 0.0713. The van der Waals surface area contributed by atoms with E-state index in [0.717, 1.165) is 12.3 Å². The Labute approximate surface area is 117 Å². The second-order valence-electron chi connectivity index (χ2n) is 5.48. The van der Waals surface area contributed by atoms with E-state index >= 15 is 0 Å². The van der Waals surface area contributed by atoms with Crippen molar-refractivity contribution in [1.82, 2.24) is 5.32 Å². The van der Waals surface area contributed by atoms with Crippen molar-refractivity contribution in [1.29, 1.82) is 0 Å². The average molecular weight is 265 g/mol. The SMILES string of the molecule is COCC(C)Oc1c(C)cc(CNC(C)C)cc1C. The summed E-state index contributed by atoms with van der Waals surface area (Å²) in [7, 11) is 1.69. The van der Waals surface area contributed by atoms with E-state index in [1.807, 2.05) is 6.92 Å². The highest BCUT2D eigenvalue weighted by atomic mass is 16.5. The van der Waals surface area contributed by atoms with Gasteiger partial charge in [0.25, 0.3) is 0 Å². The van der Waals surface area contributed by atoms with Crippen molar-refractivity contribution in [3.63, 3.8) is 0 Å². The maximum absolute atomic E-state index is 5.95.